The number of methoxy groups -OCH3 is 2. The predicted octanol–water partition coefficient (Wildman–Crippen LogP) is 3.03. The maximum atomic E-state index is 13.8. The van der Waals surface area contributed by atoms with E-state index in [0.717, 1.165) is 16.9 Å². The third-order valence-electron chi connectivity index (χ3n) is 3.84. The van der Waals surface area contributed by atoms with Gasteiger partial charge in [-0.25, -0.2) is 9.07 Å². The van der Waals surface area contributed by atoms with E-state index >= 15 is 0 Å². The zero-order valence-corrected chi connectivity index (χ0v) is 15.3. The molecule has 0 spiro atoms. The lowest BCUT2D eigenvalue weighted by Gasteiger charge is -2.06. The Morgan fingerprint density at radius 3 is 2.42 bits per heavy atom. The van der Waals surface area contributed by atoms with Gasteiger partial charge in [-0.1, -0.05) is 30.0 Å². The van der Waals surface area contributed by atoms with E-state index in [9.17, 15) is 4.39 Å². The molecule has 0 atom stereocenters. The Balaban J connectivity index is 1.65. The van der Waals surface area contributed by atoms with Crippen LogP contribution in [0.5, 0.6) is 11.5 Å². The van der Waals surface area contributed by atoms with E-state index in [-0.39, 0.29) is 11.6 Å². The number of hydrogen-bond donors (Lipinski definition) is 1. The minimum absolute atomic E-state index is 0.225. The summed E-state index contributed by atoms with van der Waals surface area (Å²) in [4.78, 5) is 0. The van der Waals surface area contributed by atoms with Crippen molar-refractivity contribution in [2.45, 2.75) is 17.3 Å². The molecule has 2 N–H and O–H groups in total. The first-order valence-corrected chi connectivity index (χ1v) is 8.86. The number of benzene rings is 2. The van der Waals surface area contributed by atoms with Crippen molar-refractivity contribution in [2.24, 2.45) is 0 Å². The molecule has 0 bridgehead atoms. The van der Waals surface area contributed by atoms with Crippen LogP contribution in [0.25, 0.3) is 0 Å². The van der Waals surface area contributed by atoms with Crippen molar-refractivity contribution in [3.05, 3.63) is 65.2 Å². The standard InChI is InChI=1S/C18H19FN4O2S/c1-24-14-6-3-12(4-7-14)10-17-21-22-18(23(17)20)26-11-13-5-8-16(25-2)15(19)9-13/h3-9H,10-11,20H2,1-2H3. The summed E-state index contributed by atoms with van der Waals surface area (Å²) in [5, 5.41) is 8.85. The van der Waals surface area contributed by atoms with E-state index in [0.29, 0.717) is 23.2 Å². The lowest BCUT2D eigenvalue weighted by atomic mass is 10.1. The molecule has 3 rings (SSSR count). The Labute approximate surface area is 155 Å². The van der Waals surface area contributed by atoms with Crippen molar-refractivity contribution in [2.75, 3.05) is 20.1 Å². The zero-order chi connectivity index (χ0) is 18.5. The van der Waals surface area contributed by atoms with Crippen LogP contribution in [0, 0.1) is 5.82 Å². The molecule has 6 nitrogen and oxygen atoms in total. The molecule has 1 aromatic heterocycles. The van der Waals surface area contributed by atoms with Gasteiger partial charge in [0.2, 0.25) is 5.16 Å². The summed E-state index contributed by atoms with van der Waals surface area (Å²) in [6.07, 6.45) is 0.561. The number of nitrogens with zero attached hydrogens (tertiary/aromatic N) is 3. The molecule has 0 saturated heterocycles. The average Bonchev–Trinajstić information content (AvgIpc) is 3.00. The maximum absolute atomic E-state index is 13.8. The van der Waals surface area contributed by atoms with E-state index in [2.05, 4.69) is 10.2 Å². The normalized spacial score (nSPS) is 10.7. The molecule has 1 heterocycles. The second kappa shape index (κ2) is 8.09. The van der Waals surface area contributed by atoms with Crippen LogP contribution in [0.2, 0.25) is 0 Å². The summed E-state index contributed by atoms with van der Waals surface area (Å²) in [5.41, 5.74) is 1.87. The molecule has 3 aromatic rings. The fourth-order valence-corrected chi connectivity index (χ4v) is 3.22. The molecule has 0 saturated carbocycles. The quantitative estimate of drug-likeness (QED) is 0.506. The Kier molecular flexibility index (Phi) is 5.62. The van der Waals surface area contributed by atoms with Crippen LogP contribution in [-0.2, 0) is 12.2 Å². The molecular weight excluding hydrogens is 355 g/mol. The Bertz CT molecular complexity index is 883. The number of rotatable bonds is 7. The van der Waals surface area contributed by atoms with E-state index in [1.165, 1.54) is 29.6 Å². The van der Waals surface area contributed by atoms with E-state index in [4.69, 9.17) is 15.3 Å². The fraction of sp³-hybridized carbons (Fsp3) is 0.222. The van der Waals surface area contributed by atoms with Crippen LogP contribution in [-0.4, -0.2) is 29.1 Å². The zero-order valence-electron chi connectivity index (χ0n) is 14.5. The van der Waals surface area contributed by atoms with Crippen molar-refractivity contribution >= 4 is 11.8 Å². The van der Waals surface area contributed by atoms with Gasteiger partial charge in [0, 0.05) is 12.2 Å². The van der Waals surface area contributed by atoms with Crippen molar-refractivity contribution in [1.82, 2.24) is 14.9 Å². The third-order valence-corrected chi connectivity index (χ3v) is 4.85. The molecule has 2 aromatic carbocycles. The summed E-state index contributed by atoms with van der Waals surface area (Å²) < 4.78 is 25.3. The summed E-state index contributed by atoms with van der Waals surface area (Å²) in [7, 11) is 3.07. The number of ether oxygens (including phenoxy) is 2. The van der Waals surface area contributed by atoms with Gasteiger partial charge < -0.3 is 15.3 Å². The molecule has 136 valence electrons. The number of nitrogen functional groups attached to an aromatic ring is 1. The van der Waals surface area contributed by atoms with Gasteiger partial charge in [0.15, 0.2) is 17.4 Å². The highest BCUT2D eigenvalue weighted by Crippen LogP contribution is 2.24. The fourth-order valence-electron chi connectivity index (χ4n) is 2.40. The predicted molar refractivity (Wildman–Crippen MR) is 98.5 cm³/mol. The van der Waals surface area contributed by atoms with Gasteiger partial charge in [0.25, 0.3) is 0 Å². The molecule has 0 fully saturated rings. The van der Waals surface area contributed by atoms with E-state index in [1.807, 2.05) is 30.3 Å². The molecule has 0 amide bonds. The van der Waals surface area contributed by atoms with Gasteiger partial charge in [-0.3, -0.25) is 0 Å². The number of aromatic nitrogens is 3. The van der Waals surface area contributed by atoms with E-state index < -0.39 is 0 Å². The summed E-state index contributed by atoms with van der Waals surface area (Å²) in [6.45, 7) is 0. The van der Waals surface area contributed by atoms with Gasteiger partial charge >= 0.3 is 0 Å². The second-order valence-corrected chi connectivity index (χ2v) is 6.49. The average molecular weight is 374 g/mol. The molecule has 0 aliphatic rings. The van der Waals surface area contributed by atoms with Crippen LogP contribution in [0.3, 0.4) is 0 Å². The highest BCUT2D eigenvalue weighted by atomic mass is 32.2. The van der Waals surface area contributed by atoms with E-state index in [1.54, 1.807) is 13.2 Å². The first kappa shape index (κ1) is 18.1. The Morgan fingerprint density at radius 2 is 1.77 bits per heavy atom. The first-order valence-electron chi connectivity index (χ1n) is 7.88. The highest BCUT2D eigenvalue weighted by Gasteiger charge is 2.12. The van der Waals surface area contributed by atoms with Crippen molar-refractivity contribution in [1.29, 1.82) is 0 Å². The third kappa shape index (κ3) is 4.08. The summed E-state index contributed by atoms with van der Waals surface area (Å²) in [6, 6.07) is 12.6. The number of hydrogen-bond acceptors (Lipinski definition) is 6. The van der Waals surface area contributed by atoms with Crippen LogP contribution >= 0.6 is 11.8 Å². The minimum atomic E-state index is -0.389. The molecule has 0 aliphatic carbocycles. The number of thioether (sulfide) groups is 1. The van der Waals surface area contributed by atoms with Gasteiger partial charge in [-0.15, -0.1) is 10.2 Å². The second-order valence-electron chi connectivity index (χ2n) is 5.55. The largest absolute Gasteiger partial charge is 0.497 e. The molecule has 8 heteroatoms. The van der Waals surface area contributed by atoms with Crippen LogP contribution in [0.1, 0.15) is 17.0 Å². The molecular formula is C18H19FN4O2S. The van der Waals surface area contributed by atoms with Crippen molar-refractivity contribution in [3.63, 3.8) is 0 Å². The molecule has 0 aliphatic heterocycles. The minimum Gasteiger partial charge on any atom is -0.497 e. The smallest absolute Gasteiger partial charge is 0.210 e. The maximum Gasteiger partial charge on any atom is 0.210 e. The topological polar surface area (TPSA) is 75.2 Å². The first-order chi connectivity index (χ1) is 12.6. The van der Waals surface area contributed by atoms with Crippen LogP contribution < -0.4 is 15.3 Å². The Morgan fingerprint density at radius 1 is 1.04 bits per heavy atom. The SMILES string of the molecule is COc1ccc(Cc2nnc(SCc3ccc(OC)c(F)c3)n2N)cc1. The Hall–Kier alpha value is -2.74. The number of nitrogens with two attached hydrogens (primary N) is 1. The molecule has 0 radical (unpaired) electrons. The van der Waals surface area contributed by atoms with Crippen LogP contribution in [0.15, 0.2) is 47.6 Å². The summed E-state index contributed by atoms with van der Waals surface area (Å²) in [5.74, 6) is 7.91. The molecule has 0 unspecified atom stereocenters. The van der Waals surface area contributed by atoms with Crippen molar-refractivity contribution < 1.29 is 13.9 Å². The summed E-state index contributed by atoms with van der Waals surface area (Å²) >= 11 is 1.40. The lowest BCUT2D eigenvalue weighted by Crippen LogP contribution is -2.14. The lowest BCUT2D eigenvalue weighted by molar-refractivity contribution is 0.386. The van der Waals surface area contributed by atoms with Gasteiger partial charge in [0.05, 0.1) is 14.2 Å². The monoisotopic (exact) mass is 374 g/mol. The van der Waals surface area contributed by atoms with Crippen molar-refractivity contribution in [3.8, 4) is 11.5 Å². The molecule has 26 heavy (non-hydrogen) atoms. The highest BCUT2D eigenvalue weighted by molar-refractivity contribution is 7.98. The van der Waals surface area contributed by atoms with Gasteiger partial charge in [0.1, 0.15) is 5.75 Å². The van der Waals surface area contributed by atoms with Crippen LogP contribution in [0.4, 0.5) is 4.39 Å². The van der Waals surface area contributed by atoms with Gasteiger partial charge in [-0.05, 0) is 35.4 Å². The van der Waals surface area contributed by atoms with Gasteiger partial charge in [-0.2, -0.15) is 0 Å². The number of halogens is 1.